The van der Waals surface area contributed by atoms with Crippen molar-refractivity contribution in [2.45, 2.75) is 0 Å². The molecule has 0 atom stereocenters. The fourth-order valence-electron chi connectivity index (χ4n) is 7.80. The van der Waals surface area contributed by atoms with Gasteiger partial charge in [-0.2, -0.15) is 0 Å². The van der Waals surface area contributed by atoms with E-state index in [9.17, 15) is 0 Å². The molecule has 0 saturated carbocycles. The smallest absolute Gasteiger partial charge is 0.0622 e. The van der Waals surface area contributed by atoms with E-state index in [0.717, 1.165) is 0 Å². The van der Waals surface area contributed by atoms with Crippen LogP contribution in [0.5, 0.6) is 0 Å². The maximum absolute atomic E-state index is 2.39. The van der Waals surface area contributed by atoms with E-state index in [1.807, 2.05) is 0 Å². The summed E-state index contributed by atoms with van der Waals surface area (Å²) in [5.41, 5.74) is 7.97. The van der Waals surface area contributed by atoms with Gasteiger partial charge in [0, 0.05) is 32.3 Å². The van der Waals surface area contributed by atoms with E-state index in [4.69, 9.17) is 0 Å². The summed E-state index contributed by atoms with van der Waals surface area (Å²) >= 11 is 0. The summed E-state index contributed by atoms with van der Waals surface area (Å²) in [4.78, 5) is 0. The topological polar surface area (TPSA) is 0 Å². The number of hydrogen-bond donors (Lipinski definition) is 0. The average Bonchev–Trinajstić information content (AvgIpc) is 3.63. The molecule has 0 aliphatic heterocycles. The zero-order valence-electron chi connectivity index (χ0n) is 21.1. The maximum Gasteiger partial charge on any atom is 0.0682 e. The van der Waals surface area contributed by atoms with Crippen molar-refractivity contribution in [2.24, 2.45) is 0 Å². The molecule has 0 aliphatic rings. The first-order valence-electron chi connectivity index (χ1n) is 13.7. The summed E-state index contributed by atoms with van der Waals surface area (Å²) in [5.74, 6) is 0. The standard InChI is InChI=1S/C39H21/c1-4-10-22(11-5-1)31-25-16-18-27-32(23-12-6-2-7-13-23)29-20-21-30-33(24-14-8-3-9-15-24)28-19-17-26(31)35-34(25)36(27)38(29)39(30)37(28)35/h1-21H/q+1. The van der Waals surface area contributed by atoms with Crippen LogP contribution in [0, 0.1) is 0 Å². The van der Waals surface area contributed by atoms with Crippen LogP contribution in [0.25, 0.3) is 98.0 Å². The van der Waals surface area contributed by atoms with E-state index in [0.29, 0.717) is 0 Å². The lowest BCUT2D eigenvalue weighted by Gasteiger charge is -2.05. The van der Waals surface area contributed by atoms with E-state index in [1.54, 1.807) is 0 Å². The molecule has 0 N–H and O–H groups in total. The Hall–Kier alpha value is -5.07. The first-order chi connectivity index (χ1) is 19.4. The van der Waals surface area contributed by atoms with Crippen molar-refractivity contribution in [3.8, 4) is 33.4 Å². The van der Waals surface area contributed by atoms with Crippen molar-refractivity contribution in [3.63, 3.8) is 0 Å². The summed E-state index contributed by atoms with van der Waals surface area (Å²) in [6.07, 6.45) is 0. The highest BCUT2D eigenvalue weighted by Gasteiger charge is 2.33. The molecule has 0 aromatic heterocycles. The highest BCUT2D eigenvalue weighted by atomic mass is 14.3. The molecule has 0 radical (unpaired) electrons. The fourth-order valence-corrected chi connectivity index (χ4v) is 7.80. The number of rotatable bonds is 3. The lowest BCUT2D eigenvalue weighted by Crippen LogP contribution is -1.78. The molecular weight excluding hydrogens is 468 g/mol. The lowest BCUT2D eigenvalue weighted by atomic mass is 9.95. The summed E-state index contributed by atoms with van der Waals surface area (Å²) in [6, 6.07) is 47.2. The second-order valence-corrected chi connectivity index (χ2v) is 11.0. The molecular formula is C39H21+. The molecule has 0 heteroatoms. The predicted octanol–water partition coefficient (Wildman–Crippen LogP) is 11.1. The Morgan fingerprint density at radius 3 is 1.10 bits per heavy atom. The van der Waals surface area contributed by atoms with Gasteiger partial charge in [0.2, 0.25) is 0 Å². The Kier molecular flexibility index (Phi) is 3.51. The lowest BCUT2D eigenvalue weighted by molar-refractivity contribution is 1.69. The van der Waals surface area contributed by atoms with Crippen LogP contribution in [0.2, 0.25) is 0 Å². The third kappa shape index (κ3) is 2.27. The van der Waals surface area contributed by atoms with Crippen molar-refractivity contribution in [1.29, 1.82) is 0 Å². The van der Waals surface area contributed by atoms with Gasteiger partial charge >= 0.3 is 0 Å². The molecule has 10 aromatic carbocycles. The van der Waals surface area contributed by atoms with Gasteiger partial charge in [-0.15, -0.1) is 0 Å². The van der Waals surface area contributed by atoms with Crippen molar-refractivity contribution < 1.29 is 0 Å². The SMILES string of the molecule is c1ccc(-c2c3ccc4c(-c5ccccc5)c5ccc6c7c5c4c3c3c2ccc(c37)[c+]6-c2ccccc2)cc1. The van der Waals surface area contributed by atoms with Crippen molar-refractivity contribution >= 4 is 64.6 Å². The summed E-state index contributed by atoms with van der Waals surface area (Å²) in [7, 11) is 0. The molecule has 39 heavy (non-hydrogen) atoms. The van der Waals surface area contributed by atoms with E-state index >= 15 is 0 Å². The van der Waals surface area contributed by atoms with Crippen LogP contribution in [0.4, 0.5) is 0 Å². The minimum atomic E-state index is 1.29. The Balaban J connectivity index is 1.53. The van der Waals surface area contributed by atoms with Crippen molar-refractivity contribution in [1.82, 2.24) is 0 Å². The molecule has 0 fully saturated rings. The molecule has 0 saturated heterocycles. The van der Waals surface area contributed by atoms with Gasteiger partial charge in [-0.1, -0.05) is 78.9 Å². The number of benzene rings is 7. The molecule has 0 nitrogen and oxygen atoms in total. The van der Waals surface area contributed by atoms with Crippen LogP contribution in [0.15, 0.2) is 127 Å². The molecule has 176 valence electrons. The van der Waals surface area contributed by atoms with E-state index in [1.165, 1.54) is 98.0 Å². The van der Waals surface area contributed by atoms with Crippen LogP contribution in [-0.4, -0.2) is 0 Å². The van der Waals surface area contributed by atoms with E-state index < -0.39 is 0 Å². The Bertz CT molecular complexity index is 2020. The second kappa shape index (κ2) is 6.87. The first kappa shape index (κ1) is 20.0. The zero-order valence-corrected chi connectivity index (χ0v) is 21.1. The Labute approximate surface area is 225 Å². The van der Waals surface area contributed by atoms with Crippen LogP contribution in [0.3, 0.4) is 0 Å². The molecule has 0 unspecified atom stereocenters. The normalized spacial score (nSPS) is 12.6. The largest absolute Gasteiger partial charge is 0.0682 e. The van der Waals surface area contributed by atoms with Gasteiger partial charge in [-0.25, -0.2) is 0 Å². The van der Waals surface area contributed by atoms with E-state index in [2.05, 4.69) is 127 Å². The molecule has 0 amide bonds. The van der Waals surface area contributed by atoms with Gasteiger partial charge in [-0.3, -0.25) is 0 Å². The van der Waals surface area contributed by atoms with Gasteiger partial charge in [0.25, 0.3) is 0 Å². The second-order valence-electron chi connectivity index (χ2n) is 11.0. The highest BCUT2D eigenvalue weighted by molar-refractivity contribution is 6.53. The van der Waals surface area contributed by atoms with Gasteiger partial charge in [-0.05, 0) is 81.6 Å². The minimum Gasteiger partial charge on any atom is -0.0622 e. The minimum absolute atomic E-state index is 1.29. The van der Waals surface area contributed by atoms with Crippen molar-refractivity contribution in [2.75, 3.05) is 0 Å². The molecule has 0 bridgehead atoms. The van der Waals surface area contributed by atoms with Gasteiger partial charge in [0.1, 0.15) is 0 Å². The highest BCUT2D eigenvalue weighted by Crippen LogP contribution is 2.58. The predicted molar refractivity (Wildman–Crippen MR) is 168 cm³/mol. The molecule has 0 spiro atoms. The van der Waals surface area contributed by atoms with Gasteiger partial charge in [0.15, 0.2) is 0 Å². The summed E-state index contributed by atoms with van der Waals surface area (Å²) in [6.45, 7) is 0. The third-order valence-electron chi connectivity index (χ3n) is 9.17. The van der Waals surface area contributed by atoms with Crippen LogP contribution in [-0.2, 0) is 0 Å². The Morgan fingerprint density at radius 2 is 0.667 bits per heavy atom. The van der Waals surface area contributed by atoms with E-state index in [-0.39, 0.29) is 0 Å². The Morgan fingerprint density at radius 1 is 0.308 bits per heavy atom. The zero-order chi connectivity index (χ0) is 25.2. The van der Waals surface area contributed by atoms with Gasteiger partial charge in [0.05, 0.1) is 32.7 Å². The molecule has 0 aliphatic carbocycles. The molecule has 10 aromatic rings. The van der Waals surface area contributed by atoms with Gasteiger partial charge < -0.3 is 0 Å². The summed E-state index contributed by atoms with van der Waals surface area (Å²) < 4.78 is 0. The average molecular weight is 490 g/mol. The van der Waals surface area contributed by atoms with Crippen molar-refractivity contribution in [3.05, 3.63) is 127 Å². The molecule has 0 heterocycles. The quantitative estimate of drug-likeness (QED) is 0.171. The van der Waals surface area contributed by atoms with Crippen LogP contribution in [0.1, 0.15) is 0 Å². The fraction of sp³-hybridized carbons (Fsp3) is 0. The molecule has 10 rings (SSSR count). The number of hydrogen-bond acceptors (Lipinski definition) is 0. The maximum atomic E-state index is 2.39. The third-order valence-corrected chi connectivity index (χ3v) is 9.17. The van der Waals surface area contributed by atoms with Crippen LogP contribution < -0.4 is 0 Å². The monoisotopic (exact) mass is 489 g/mol. The van der Waals surface area contributed by atoms with Crippen LogP contribution >= 0.6 is 0 Å². The summed E-state index contributed by atoms with van der Waals surface area (Å²) in [5, 5.41) is 16.8. The first-order valence-corrected chi connectivity index (χ1v) is 13.7.